The molecule has 0 aliphatic carbocycles. The van der Waals surface area contributed by atoms with Crippen molar-refractivity contribution in [2.45, 2.75) is 26.4 Å². The maximum absolute atomic E-state index is 13.8. The number of benzene rings is 4. The molecule has 4 heteroatoms. The molecule has 0 heterocycles. The molecule has 0 unspecified atom stereocenters. The summed E-state index contributed by atoms with van der Waals surface area (Å²) in [6.07, 6.45) is 0.520. The Morgan fingerprint density at radius 2 is 1.17 bits per heavy atom. The molecule has 0 atom stereocenters. The minimum absolute atomic E-state index is 0.250. The normalized spacial score (nSPS) is 11.5. The van der Waals surface area contributed by atoms with E-state index in [1.165, 1.54) is 12.1 Å². The van der Waals surface area contributed by atoms with E-state index in [0.717, 1.165) is 22.4 Å². The summed E-state index contributed by atoms with van der Waals surface area (Å²) in [5.41, 5.74) is 5.24. The van der Waals surface area contributed by atoms with Gasteiger partial charge in [0, 0.05) is 25.2 Å². The van der Waals surface area contributed by atoms with E-state index in [1.807, 2.05) is 54.6 Å². The van der Waals surface area contributed by atoms with Crippen LogP contribution in [0, 0.1) is 5.82 Å². The Balaban J connectivity index is 1.91. The van der Waals surface area contributed by atoms with Gasteiger partial charge in [-0.3, -0.25) is 0 Å². The average Bonchev–Trinajstić information content (AvgIpc) is 2.91. The first-order valence-corrected chi connectivity index (χ1v) is 12.2. The van der Waals surface area contributed by atoms with Crippen LogP contribution in [0.1, 0.15) is 29.2 Å². The Kier molecular flexibility index (Phi) is 8.66. The molecule has 0 aromatic heterocycles. The fourth-order valence-electron chi connectivity index (χ4n) is 4.22. The van der Waals surface area contributed by atoms with Gasteiger partial charge < -0.3 is 9.64 Å². The molecule has 4 rings (SSSR count). The van der Waals surface area contributed by atoms with Crippen molar-refractivity contribution in [3.05, 3.63) is 149 Å². The highest BCUT2D eigenvalue weighted by Gasteiger charge is 2.24. The van der Waals surface area contributed by atoms with Crippen LogP contribution >= 0.6 is 0 Å². The molecule has 0 N–H and O–H groups in total. The molecule has 0 bridgehead atoms. The van der Waals surface area contributed by atoms with Crippen LogP contribution in [0.4, 0.5) is 4.39 Å². The zero-order valence-electron chi connectivity index (χ0n) is 20.4. The van der Waals surface area contributed by atoms with Crippen molar-refractivity contribution in [1.29, 1.82) is 0 Å². The lowest BCUT2D eigenvalue weighted by Gasteiger charge is -2.30. The third-order valence-electron chi connectivity index (χ3n) is 5.93. The van der Waals surface area contributed by atoms with Crippen molar-refractivity contribution in [2.24, 2.45) is 0 Å². The van der Waals surface area contributed by atoms with Crippen LogP contribution in [-0.4, -0.2) is 17.5 Å². The van der Waals surface area contributed by atoms with Crippen LogP contribution in [0.3, 0.4) is 0 Å². The number of ether oxygens (including phenoxy) is 1. The summed E-state index contributed by atoms with van der Waals surface area (Å²) in [5.74, 6) is -0.766. The standard InChI is InChI=1S/C32H30FNO2/c1-2-36-32(35)31(28-18-20-29(33)21-19-28)30(22-25-12-6-3-7-13-25)34(23-26-14-8-4-9-15-26)24-27-16-10-5-11-17-27/h3-21H,2,22-24H2,1H3/b31-30+. The Hall–Kier alpha value is -4.18. The minimum atomic E-state index is -0.416. The van der Waals surface area contributed by atoms with E-state index >= 15 is 0 Å². The lowest BCUT2D eigenvalue weighted by Crippen LogP contribution is -2.27. The Bertz CT molecular complexity index is 1230. The van der Waals surface area contributed by atoms with Gasteiger partial charge >= 0.3 is 5.97 Å². The first-order chi connectivity index (χ1) is 17.6. The topological polar surface area (TPSA) is 29.5 Å². The molecule has 36 heavy (non-hydrogen) atoms. The molecule has 0 fully saturated rings. The van der Waals surface area contributed by atoms with E-state index in [0.29, 0.717) is 30.6 Å². The van der Waals surface area contributed by atoms with Crippen LogP contribution in [0.25, 0.3) is 5.57 Å². The summed E-state index contributed by atoms with van der Waals surface area (Å²) >= 11 is 0. The lowest BCUT2D eigenvalue weighted by atomic mass is 9.97. The van der Waals surface area contributed by atoms with Crippen LogP contribution < -0.4 is 0 Å². The van der Waals surface area contributed by atoms with E-state index in [-0.39, 0.29) is 12.4 Å². The first kappa shape index (κ1) is 24.9. The Morgan fingerprint density at radius 3 is 1.64 bits per heavy atom. The highest BCUT2D eigenvalue weighted by Crippen LogP contribution is 2.29. The van der Waals surface area contributed by atoms with Crippen LogP contribution in [0.2, 0.25) is 0 Å². The molecule has 4 aromatic carbocycles. The molecule has 182 valence electrons. The summed E-state index contributed by atoms with van der Waals surface area (Å²) in [5, 5.41) is 0. The fraction of sp³-hybridized carbons (Fsp3) is 0.156. The second-order valence-corrected chi connectivity index (χ2v) is 8.54. The van der Waals surface area contributed by atoms with Crippen LogP contribution in [-0.2, 0) is 29.0 Å². The number of carbonyl (C=O) groups is 1. The number of hydrogen-bond acceptors (Lipinski definition) is 3. The van der Waals surface area contributed by atoms with Gasteiger partial charge in [0.05, 0.1) is 12.2 Å². The van der Waals surface area contributed by atoms with Gasteiger partial charge in [-0.25, -0.2) is 9.18 Å². The van der Waals surface area contributed by atoms with Crippen molar-refractivity contribution in [3.63, 3.8) is 0 Å². The highest BCUT2D eigenvalue weighted by atomic mass is 19.1. The van der Waals surface area contributed by atoms with Crippen LogP contribution in [0.15, 0.2) is 121 Å². The second kappa shape index (κ2) is 12.5. The zero-order valence-corrected chi connectivity index (χ0v) is 20.4. The van der Waals surface area contributed by atoms with Gasteiger partial charge in [0.15, 0.2) is 0 Å². The second-order valence-electron chi connectivity index (χ2n) is 8.54. The lowest BCUT2D eigenvalue weighted by molar-refractivity contribution is -0.136. The van der Waals surface area contributed by atoms with Gasteiger partial charge in [-0.1, -0.05) is 103 Å². The monoisotopic (exact) mass is 479 g/mol. The molecule has 0 saturated heterocycles. The number of rotatable bonds is 10. The average molecular weight is 480 g/mol. The van der Waals surface area contributed by atoms with Crippen molar-refractivity contribution in [2.75, 3.05) is 6.61 Å². The van der Waals surface area contributed by atoms with Gasteiger partial charge in [0.2, 0.25) is 0 Å². The summed E-state index contributed by atoms with van der Waals surface area (Å²) in [4.78, 5) is 15.7. The van der Waals surface area contributed by atoms with Gasteiger partial charge in [-0.2, -0.15) is 0 Å². The summed E-state index contributed by atoms with van der Waals surface area (Å²) < 4.78 is 19.4. The van der Waals surface area contributed by atoms with Crippen molar-refractivity contribution in [3.8, 4) is 0 Å². The molecule has 0 saturated carbocycles. The van der Waals surface area contributed by atoms with Crippen molar-refractivity contribution in [1.82, 2.24) is 4.90 Å². The van der Waals surface area contributed by atoms with Crippen LogP contribution in [0.5, 0.6) is 0 Å². The van der Waals surface area contributed by atoms with Crippen molar-refractivity contribution < 1.29 is 13.9 Å². The predicted octanol–water partition coefficient (Wildman–Crippen LogP) is 7.05. The molecular formula is C32H30FNO2. The number of allylic oxidation sites excluding steroid dienone is 1. The molecule has 3 nitrogen and oxygen atoms in total. The number of carbonyl (C=O) groups excluding carboxylic acids is 1. The molecular weight excluding hydrogens is 449 g/mol. The molecule has 4 aromatic rings. The van der Waals surface area contributed by atoms with E-state index in [1.54, 1.807) is 19.1 Å². The van der Waals surface area contributed by atoms with E-state index in [4.69, 9.17) is 4.74 Å². The number of esters is 1. The molecule has 0 aliphatic heterocycles. The minimum Gasteiger partial charge on any atom is -0.462 e. The number of nitrogens with zero attached hydrogens (tertiary/aromatic N) is 1. The van der Waals surface area contributed by atoms with Gasteiger partial charge in [0.25, 0.3) is 0 Å². The summed E-state index contributed by atoms with van der Waals surface area (Å²) in [7, 11) is 0. The molecule has 0 aliphatic rings. The Labute approximate surface area is 212 Å². The first-order valence-electron chi connectivity index (χ1n) is 12.2. The van der Waals surface area contributed by atoms with Gasteiger partial charge in [0.1, 0.15) is 5.82 Å². The quantitative estimate of drug-likeness (QED) is 0.180. The van der Waals surface area contributed by atoms with Gasteiger partial charge in [-0.15, -0.1) is 0 Å². The number of hydrogen-bond donors (Lipinski definition) is 0. The third-order valence-corrected chi connectivity index (χ3v) is 5.93. The van der Waals surface area contributed by atoms with Gasteiger partial charge in [-0.05, 0) is 41.3 Å². The molecule has 0 amide bonds. The maximum atomic E-state index is 13.8. The smallest absolute Gasteiger partial charge is 0.340 e. The summed E-state index contributed by atoms with van der Waals surface area (Å²) in [6, 6.07) is 36.5. The van der Waals surface area contributed by atoms with E-state index < -0.39 is 5.97 Å². The van der Waals surface area contributed by atoms with Crippen molar-refractivity contribution >= 4 is 11.5 Å². The highest BCUT2D eigenvalue weighted by molar-refractivity contribution is 6.17. The molecule has 0 spiro atoms. The van der Waals surface area contributed by atoms with E-state index in [9.17, 15) is 9.18 Å². The maximum Gasteiger partial charge on any atom is 0.340 e. The predicted molar refractivity (Wildman–Crippen MR) is 142 cm³/mol. The zero-order chi connectivity index (χ0) is 25.2. The van der Waals surface area contributed by atoms with E-state index in [2.05, 4.69) is 41.3 Å². The third kappa shape index (κ3) is 6.70. The SMILES string of the molecule is CCOC(=O)/C(=C(\Cc1ccccc1)N(Cc1ccccc1)Cc1ccccc1)c1ccc(F)cc1. The molecule has 0 radical (unpaired) electrons. The number of halogens is 1. The fourth-order valence-corrected chi connectivity index (χ4v) is 4.22. The Morgan fingerprint density at radius 1 is 0.694 bits per heavy atom. The summed E-state index contributed by atoms with van der Waals surface area (Å²) in [6.45, 7) is 3.24. The largest absolute Gasteiger partial charge is 0.462 e.